The van der Waals surface area contributed by atoms with Crippen molar-refractivity contribution >= 4 is 22.5 Å². The molecule has 0 fully saturated rings. The molecule has 1 aromatic carbocycles. The van der Waals surface area contributed by atoms with Crippen molar-refractivity contribution in [1.82, 2.24) is 4.98 Å². The first-order chi connectivity index (χ1) is 6.31. The molecule has 0 atom stereocenters. The number of benzene rings is 1. The van der Waals surface area contributed by atoms with Crippen LogP contribution in [0.15, 0.2) is 24.4 Å². The van der Waals surface area contributed by atoms with Crippen molar-refractivity contribution in [2.45, 2.75) is 6.42 Å². The van der Waals surface area contributed by atoms with Crippen LogP contribution in [0.5, 0.6) is 0 Å². The molecule has 2 rings (SSSR count). The predicted octanol–water partition coefficient (Wildman–Crippen LogP) is 2.32. The summed E-state index contributed by atoms with van der Waals surface area (Å²) in [4.78, 5) is 3.19. The Morgan fingerprint density at radius 3 is 3.00 bits per heavy atom. The second-order valence-electron chi connectivity index (χ2n) is 3.05. The highest BCUT2D eigenvalue weighted by Crippen LogP contribution is 2.22. The highest BCUT2D eigenvalue weighted by atomic mass is 35.5. The molecule has 0 aliphatic heterocycles. The number of rotatable bonds is 2. The fourth-order valence-electron chi connectivity index (χ4n) is 1.56. The quantitative estimate of drug-likeness (QED) is 0.757. The van der Waals surface area contributed by atoms with Crippen LogP contribution in [0.2, 0.25) is 5.02 Å². The van der Waals surface area contributed by atoms with E-state index in [1.807, 2.05) is 24.4 Å². The molecule has 1 heterocycles. The number of H-pyrrole nitrogens is 1. The van der Waals surface area contributed by atoms with E-state index in [-0.39, 0.29) is 0 Å². The summed E-state index contributed by atoms with van der Waals surface area (Å²) in [6, 6.07) is 5.93. The number of halogens is 1. The van der Waals surface area contributed by atoms with Gasteiger partial charge in [0.05, 0.1) is 0 Å². The average Bonchev–Trinajstić information content (AvgIpc) is 2.52. The fraction of sp³-hybridized carbons (Fsp3) is 0.200. The summed E-state index contributed by atoms with van der Waals surface area (Å²) in [7, 11) is 0. The van der Waals surface area contributed by atoms with Gasteiger partial charge in [-0.2, -0.15) is 0 Å². The molecule has 13 heavy (non-hydrogen) atoms. The molecule has 0 bridgehead atoms. The molecule has 0 aliphatic carbocycles. The Labute approximate surface area is 81.7 Å². The van der Waals surface area contributed by atoms with E-state index in [1.54, 1.807) is 0 Å². The zero-order valence-electron chi connectivity index (χ0n) is 7.18. The van der Waals surface area contributed by atoms with Crippen LogP contribution >= 0.6 is 11.6 Å². The van der Waals surface area contributed by atoms with Crippen molar-refractivity contribution in [3.63, 3.8) is 0 Å². The molecular weight excluding hydrogens is 184 g/mol. The Kier molecular flexibility index (Phi) is 2.25. The van der Waals surface area contributed by atoms with E-state index in [9.17, 15) is 0 Å². The largest absolute Gasteiger partial charge is 0.361 e. The Bertz CT molecular complexity index is 420. The van der Waals surface area contributed by atoms with Gasteiger partial charge in [0.1, 0.15) is 0 Å². The van der Waals surface area contributed by atoms with Gasteiger partial charge in [0.25, 0.3) is 0 Å². The van der Waals surface area contributed by atoms with Gasteiger partial charge in [-0.25, -0.2) is 0 Å². The first kappa shape index (κ1) is 8.60. The van der Waals surface area contributed by atoms with Gasteiger partial charge in [-0.05, 0) is 36.7 Å². The van der Waals surface area contributed by atoms with Crippen LogP contribution < -0.4 is 5.73 Å². The lowest BCUT2D eigenvalue weighted by molar-refractivity contribution is 0.974. The first-order valence-corrected chi connectivity index (χ1v) is 4.64. The van der Waals surface area contributed by atoms with Crippen LogP contribution in [0, 0.1) is 0 Å². The van der Waals surface area contributed by atoms with E-state index >= 15 is 0 Å². The second-order valence-corrected chi connectivity index (χ2v) is 3.48. The minimum Gasteiger partial charge on any atom is -0.361 e. The van der Waals surface area contributed by atoms with Gasteiger partial charge in [-0.1, -0.05) is 11.6 Å². The number of fused-ring (bicyclic) bond motifs is 1. The lowest BCUT2D eigenvalue weighted by atomic mass is 10.1. The fourth-order valence-corrected chi connectivity index (χ4v) is 1.81. The number of aromatic nitrogens is 1. The smallest absolute Gasteiger partial charge is 0.0487 e. The van der Waals surface area contributed by atoms with Crippen LogP contribution in [0.1, 0.15) is 5.56 Å². The molecule has 0 saturated carbocycles. The highest BCUT2D eigenvalue weighted by molar-refractivity contribution is 6.31. The number of nitrogens with two attached hydrogens (primary N) is 1. The number of hydrogen-bond acceptors (Lipinski definition) is 1. The molecule has 3 heteroatoms. The van der Waals surface area contributed by atoms with Crippen LogP contribution in [0.3, 0.4) is 0 Å². The van der Waals surface area contributed by atoms with Gasteiger partial charge >= 0.3 is 0 Å². The van der Waals surface area contributed by atoms with Crippen LogP contribution in [-0.2, 0) is 6.42 Å². The molecule has 0 spiro atoms. The zero-order valence-corrected chi connectivity index (χ0v) is 7.93. The van der Waals surface area contributed by atoms with Crippen LogP contribution in [-0.4, -0.2) is 11.5 Å². The molecule has 2 nitrogen and oxygen atoms in total. The van der Waals surface area contributed by atoms with Crippen molar-refractivity contribution in [2.24, 2.45) is 5.73 Å². The lowest BCUT2D eigenvalue weighted by Crippen LogP contribution is -2.03. The Morgan fingerprint density at radius 2 is 2.23 bits per heavy atom. The van der Waals surface area contributed by atoms with Gasteiger partial charge in [0.15, 0.2) is 0 Å². The maximum absolute atomic E-state index is 5.96. The van der Waals surface area contributed by atoms with Crippen molar-refractivity contribution in [3.8, 4) is 0 Å². The van der Waals surface area contributed by atoms with Gasteiger partial charge in [-0.15, -0.1) is 0 Å². The zero-order chi connectivity index (χ0) is 9.26. The SMILES string of the molecule is NCCc1cc(Cl)cc2cc[nH]c12. The van der Waals surface area contributed by atoms with Crippen LogP contribution in [0.25, 0.3) is 10.9 Å². The summed E-state index contributed by atoms with van der Waals surface area (Å²) in [6.07, 6.45) is 2.78. The van der Waals surface area contributed by atoms with Gasteiger partial charge < -0.3 is 10.7 Å². The summed E-state index contributed by atoms with van der Waals surface area (Å²) in [6.45, 7) is 0.647. The van der Waals surface area contributed by atoms with Gasteiger partial charge in [0, 0.05) is 22.1 Å². The maximum atomic E-state index is 5.96. The van der Waals surface area contributed by atoms with Crippen molar-refractivity contribution < 1.29 is 0 Å². The monoisotopic (exact) mass is 194 g/mol. The molecule has 0 unspecified atom stereocenters. The molecule has 1 aromatic heterocycles. The summed E-state index contributed by atoms with van der Waals surface area (Å²) in [5, 5.41) is 1.92. The van der Waals surface area contributed by atoms with Gasteiger partial charge in [0.2, 0.25) is 0 Å². The summed E-state index contributed by atoms with van der Waals surface area (Å²) >= 11 is 5.96. The van der Waals surface area contributed by atoms with Crippen molar-refractivity contribution in [3.05, 3.63) is 35.0 Å². The van der Waals surface area contributed by atoms with Crippen molar-refractivity contribution in [2.75, 3.05) is 6.54 Å². The summed E-state index contributed by atoms with van der Waals surface area (Å²) < 4.78 is 0. The Hall–Kier alpha value is -0.990. The number of hydrogen-bond donors (Lipinski definition) is 2. The highest BCUT2D eigenvalue weighted by Gasteiger charge is 2.02. The Balaban J connectivity index is 2.63. The molecule has 3 N–H and O–H groups in total. The number of aromatic amines is 1. The summed E-state index contributed by atoms with van der Waals surface area (Å²) in [5.74, 6) is 0. The lowest BCUT2D eigenvalue weighted by Gasteiger charge is -2.02. The standard InChI is InChI=1S/C10H11ClN2/c11-9-5-7(1-3-12)10-8(6-9)2-4-13-10/h2,4-6,13H,1,3,12H2. The van der Waals surface area contributed by atoms with E-state index in [0.717, 1.165) is 22.3 Å². The maximum Gasteiger partial charge on any atom is 0.0487 e. The van der Waals surface area contributed by atoms with E-state index in [2.05, 4.69) is 4.98 Å². The molecule has 2 aromatic rings. The Morgan fingerprint density at radius 1 is 1.38 bits per heavy atom. The summed E-state index contributed by atoms with van der Waals surface area (Å²) in [5.41, 5.74) is 7.85. The second kappa shape index (κ2) is 3.40. The molecule has 0 saturated heterocycles. The van der Waals surface area contributed by atoms with Crippen LogP contribution in [0.4, 0.5) is 0 Å². The number of nitrogens with one attached hydrogen (secondary N) is 1. The average molecular weight is 195 g/mol. The molecule has 0 aliphatic rings. The van der Waals surface area contributed by atoms with E-state index in [4.69, 9.17) is 17.3 Å². The molecule has 0 radical (unpaired) electrons. The minimum atomic E-state index is 0.647. The minimum absolute atomic E-state index is 0.647. The molecule has 0 amide bonds. The van der Waals surface area contributed by atoms with E-state index in [0.29, 0.717) is 6.54 Å². The molecule has 68 valence electrons. The van der Waals surface area contributed by atoms with Gasteiger partial charge in [-0.3, -0.25) is 0 Å². The normalized spacial score (nSPS) is 10.9. The third-order valence-electron chi connectivity index (χ3n) is 2.12. The first-order valence-electron chi connectivity index (χ1n) is 4.27. The predicted molar refractivity (Wildman–Crippen MR) is 56.1 cm³/mol. The topological polar surface area (TPSA) is 41.8 Å². The third-order valence-corrected chi connectivity index (χ3v) is 2.34. The third kappa shape index (κ3) is 1.55. The molecular formula is C10H11ClN2. The van der Waals surface area contributed by atoms with Crippen molar-refractivity contribution in [1.29, 1.82) is 0 Å². The van der Waals surface area contributed by atoms with E-state index < -0.39 is 0 Å². The van der Waals surface area contributed by atoms with E-state index in [1.165, 1.54) is 5.56 Å².